The third kappa shape index (κ3) is 4.28. The third-order valence-corrected chi connectivity index (χ3v) is 6.23. The summed E-state index contributed by atoms with van der Waals surface area (Å²) in [5, 5.41) is 15.2. The topological polar surface area (TPSA) is 84.5 Å². The van der Waals surface area contributed by atoms with Gasteiger partial charge in [-0.2, -0.15) is 9.78 Å². The number of nitro benzene ring substituents is 1. The summed E-state index contributed by atoms with van der Waals surface area (Å²) in [7, 11) is 0. The first kappa shape index (κ1) is 19.8. The first-order valence-electron chi connectivity index (χ1n) is 10.0. The molecule has 4 rings (SSSR count). The zero-order valence-corrected chi connectivity index (χ0v) is 16.9. The number of aromatic nitrogens is 2. The zero-order chi connectivity index (χ0) is 20.4. The molecule has 0 aliphatic carbocycles. The fourth-order valence-electron chi connectivity index (χ4n) is 4.23. The Morgan fingerprint density at radius 1 is 1.10 bits per heavy atom. The molecule has 154 valence electrons. The van der Waals surface area contributed by atoms with Gasteiger partial charge in [0.05, 0.1) is 22.5 Å². The highest BCUT2D eigenvalue weighted by Gasteiger charge is 2.25. The number of likely N-dealkylation sites (tertiary alicyclic amines) is 1. The second-order valence-electron chi connectivity index (χ2n) is 7.77. The maximum Gasteiger partial charge on any atom is 0.292 e. The van der Waals surface area contributed by atoms with Crippen LogP contribution in [0.15, 0.2) is 35.3 Å². The van der Waals surface area contributed by atoms with Gasteiger partial charge in [0.15, 0.2) is 0 Å². The summed E-state index contributed by atoms with van der Waals surface area (Å²) in [6.45, 7) is 5.33. The number of benzene rings is 1. The van der Waals surface area contributed by atoms with Crippen molar-refractivity contribution in [3.63, 3.8) is 0 Å². The van der Waals surface area contributed by atoms with Crippen molar-refractivity contribution in [1.29, 1.82) is 0 Å². The lowest BCUT2D eigenvalue weighted by Crippen LogP contribution is -2.39. The molecule has 0 spiro atoms. The summed E-state index contributed by atoms with van der Waals surface area (Å²) in [5.74, 6) is 0.691. The SMILES string of the molecule is O=c1c(Cl)c(N2CCC(CN3CCCC3)CC2)cnn1-c1ccc([N+](=O)[O-])cc1. The van der Waals surface area contributed by atoms with Crippen molar-refractivity contribution < 1.29 is 4.92 Å². The van der Waals surface area contributed by atoms with E-state index in [2.05, 4.69) is 14.9 Å². The Kier molecular flexibility index (Phi) is 5.82. The van der Waals surface area contributed by atoms with E-state index in [1.54, 1.807) is 6.20 Å². The predicted octanol–water partition coefficient (Wildman–Crippen LogP) is 3.11. The molecule has 0 amide bonds. The molecule has 0 atom stereocenters. The second kappa shape index (κ2) is 8.51. The number of rotatable bonds is 5. The number of nitro groups is 1. The summed E-state index contributed by atoms with van der Waals surface area (Å²) >= 11 is 6.41. The Hall–Kier alpha value is -2.45. The van der Waals surface area contributed by atoms with Crippen LogP contribution in [-0.2, 0) is 0 Å². The highest BCUT2D eigenvalue weighted by atomic mass is 35.5. The lowest BCUT2D eigenvalue weighted by molar-refractivity contribution is -0.384. The van der Waals surface area contributed by atoms with Gasteiger partial charge < -0.3 is 9.80 Å². The van der Waals surface area contributed by atoms with Crippen LogP contribution in [0.5, 0.6) is 0 Å². The van der Waals surface area contributed by atoms with Gasteiger partial charge in [0.2, 0.25) is 0 Å². The Morgan fingerprint density at radius 3 is 2.38 bits per heavy atom. The quantitative estimate of drug-likeness (QED) is 0.549. The van der Waals surface area contributed by atoms with E-state index in [4.69, 9.17) is 11.6 Å². The van der Waals surface area contributed by atoms with Gasteiger partial charge in [-0.25, -0.2) is 0 Å². The van der Waals surface area contributed by atoms with Crippen molar-refractivity contribution >= 4 is 23.0 Å². The predicted molar refractivity (Wildman–Crippen MR) is 112 cm³/mol. The van der Waals surface area contributed by atoms with Crippen molar-refractivity contribution in [3.05, 3.63) is 56.0 Å². The van der Waals surface area contributed by atoms with E-state index in [9.17, 15) is 14.9 Å². The molecule has 0 saturated carbocycles. The Morgan fingerprint density at radius 2 is 1.76 bits per heavy atom. The lowest BCUT2D eigenvalue weighted by atomic mass is 9.96. The second-order valence-corrected chi connectivity index (χ2v) is 8.15. The Bertz CT molecular complexity index is 932. The monoisotopic (exact) mass is 417 g/mol. The van der Waals surface area contributed by atoms with E-state index < -0.39 is 10.5 Å². The molecule has 3 heterocycles. The van der Waals surface area contributed by atoms with Crippen LogP contribution in [-0.4, -0.2) is 52.3 Å². The van der Waals surface area contributed by atoms with Crippen LogP contribution in [0.4, 0.5) is 11.4 Å². The van der Waals surface area contributed by atoms with Crippen molar-refractivity contribution in [3.8, 4) is 5.69 Å². The molecule has 29 heavy (non-hydrogen) atoms. The number of anilines is 1. The molecule has 2 aliphatic heterocycles. The molecule has 9 heteroatoms. The third-order valence-electron chi connectivity index (χ3n) is 5.88. The molecule has 0 radical (unpaired) electrons. The van der Waals surface area contributed by atoms with E-state index in [1.807, 2.05) is 0 Å². The van der Waals surface area contributed by atoms with E-state index in [0.29, 0.717) is 17.3 Å². The molecular formula is C20H24ClN5O3. The van der Waals surface area contributed by atoms with Crippen LogP contribution in [0.3, 0.4) is 0 Å². The maximum absolute atomic E-state index is 12.7. The van der Waals surface area contributed by atoms with Crippen molar-refractivity contribution in [1.82, 2.24) is 14.7 Å². The molecule has 0 unspecified atom stereocenters. The summed E-state index contributed by atoms with van der Waals surface area (Å²) in [6.07, 6.45) is 6.40. The van der Waals surface area contributed by atoms with Gasteiger partial charge >= 0.3 is 0 Å². The van der Waals surface area contributed by atoms with Crippen LogP contribution in [0.25, 0.3) is 5.69 Å². The van der Waals surface area contributed by atoms with E-state index >= 15 is 0 Å². The standard InChI is InChI=1S/C20H24ClN5O3/c21-19-18(24-11-7-15(8-12-24)14-23-9-1-2-10-23)13-22-25(20(19)27)16-3-5-17(6-4-16)26(28)29/h3-6,13,15H,1-2,7-12,14H2. The first-order chi connectivity index (χ1) is 14.0. The van der Waals surface area contributed by atoms with Gasteiger partial charge in [-0.1, -0.05) is 11.6 Å². The van der Waals surface area contributed by atoms with Crippen molar-refractivity contribution in [2.75, 3.05) is 37.6 Å². The molecular weight excluding hydrogens is 394 g/mol. The van der Waals surface area contributed by atoms with Gasteiger partial charge in [-0.15, -0.1) is 0 Å². The highest BCUT2D eigenvalue weighted by molar-refractivity contribution is 6.33. The average Bonchev–Trinajstić information content (AvgIpc) is 3.24. The van der Waals surface area contributed by atoms with E-state index in [-0.39, 0.29) is 10.7 Å². The molecule has 2 saturated heterocycles. The van der Waals surface area contributed by atoms with Crippen LogP contribution in [0.2, 0.25) is 5.02 Å². The Labute approximate surface area is 173 Å². The summed E-state index contributed by atoms with van der Waals surface area (Å²) in [4.78, 5) is 27.8. The molecule has 2 aliphatic rings. The average molecular weight is 418 g/mol. The summed E-state index contributed by atoms with van der Waals surface area (Å²) < 4.78 is 1.18. The smallest absolute Gasteiger partial charge is 0.292 e. The highest BCUT2D eigenvalue weighted by Crippen LogP contribution is 2.28. The number of nitrogens with zero attached hydrogens (tertiary/aromatic N) is 5. The number of non-ortho nitro benzene ring substituents is 1. The van der Waals surface area contributed by atoms with Crippen LogP contribution in [0.1, 0.15) is 25.7 Å². The van der Waals surface area contributed by atoms with Gasteiger partial charge in [-0.3, -0.25) is 14.9 Å². The van der Waals surface area contributed by atoms with E-state index in [0.717, 1.165) is 25.9 Å². The molecule has 1 aromatic carbocycles. The van der Waals surface area contributed by atoms with E-state index in [1.165, 1.54) is 61.4 Å². The number of piperidine rings is 1. The first-order valence-corrected chi connectivity index (χ1v) is 10.4. The number of hydrogen-bond acceptors (Lipinski definition) is 6. The zero-order valence-electron chi connectivity index (χ0n) is 16.2. The van der Waals surface area contributed by atoms with Crippen LogP contribution >= 0.6 is 11.6 Å². The minimum Gasteiger partial charge on any atom is -0.369 e. The molecule has 0 N–H and O–H groups in total. The molecule has 2 aromatic rings. The van der Waals surface area contributed by atoms with Crippen LogP contribution < -0.4 is 10.5 Å². The molecule has 2 fully saturated rings. The fourth-order valence-corrected chi connectivity index (χ4v) is 4.48. The van der Waals surface area contributed by atoms with Gasteiger partial charge in [-0.05, 0) is 56.8 Å². The normalized spacial score (nSPS) is 18.3. The van der Waals surface area contributed by atoms with Gasteiger partial charge in [0.1, 0.15) is 5.02 Å². The minimum atomic E-state index is -0.483. The molecule has 1 aromatic heterocycles. The van der Waals surface area contributed by atoms with Crippen molar-refractivity contribution in [2.24, 2.45) is 5.92 Å². The largest absolute Gasteiger partial charge is 0.369 e. The number of hydrogen-bond donors (Lipinski definition) is 0. The number of halogens is 1. The molecule has 0 bridgehead atoms. The molecule has 8 nitrogen and oxygen atoms in total. The van der Waals surface area contributed by atoms with Gasteiger partial charge in [0.25, 0.3) is 11.2 Å². The summed E-state index contributed by atoms with van der Waals surface area (Å²) in [5.41, 5.74) is 0.645. The fraction of sp³-hybridized carbons (Fsp3) is 0.500. The maximum atomic E-state index is 12.7. The van der Waals surface area contributed by atoms with Crippen molar-refractivity contribution in [2.45, 2.75) is 25.7 Å². The van der Waals surface area contributed by atoms with Crippen LogP contribution in [0, 0.1) is 16.0 Å². The van der Waals surface area contributed by atoms with Gasteiger partial charge in [0, 0.05) is 31.8 Å². The minimum absolute atomic E-state index is 0.0404. The lowest BCUT2D eigenvalue weighted by Gasteiger charge is -2.35. The summed E-state index contributed by atoms with van der Waals surface area (Å²) in [6, 6.07) is 5.67. The Balaban J connectivity index is 1.46.